The molecule has 0 bridgehead atoms. The first-order chi connectivity index (χ1) is 7.66. The molecule has 2 heteroatoms. The first-order valence-corrected chi connectivity index (χ1v) is 6.84. The van der Waals surface area contributed by atoms with Crippen molar-refractivity contribution in [1.29, 1.82) is 0 Å². The summed E-state index contributed by atoms with van der Waals surface area (Å²) in [6.07, 6.45) is 11.7. The minimum Gasteiger partial charge on any atom is -0.463 e. The predicted molar refractivity (Wildman–Crippen MR) is 68.5 cm³/mol. The molecular weight excluding hydrogens is 200 g/mol. The van der Waals surface area contributed by atoms with Gasteiger partial charge in [-0.3, -0.25) is 4.79 Å². The number of ether oxygens (including phenoxy) is 1. The van der Waals surface area contributed by atoms with Gasteiger partial charge in [-0.25, -0.2) is 0 Å². The Kier molecular flexibility index (Phi) is 10.6. The highest BCUT2D eigenvalue weighted by molar-refractivity contribution is 5.66. The third-order valence-electron chi connectivity index (χ3n) is 2.83. The minimum atomic E-state index is -0.160. The smallest absolute Gasteiger partial charge is 0.302 e. The van der Waals surface area contributed by atoms with Crippen molar-refractivity contribution in [2.45, 2.75) is 84.7 Å². The summed E-state index contributed by atoms with van der Waals surface area (Å²) >= 11 is 0. The van der Waals surface area contributed by atoms with E-state index in [1.54, 1.807) is 0 Å². The van der Waals surface area contributed by atoms with Gasteiger partial charge in [-0.2, -0.15) is 0 Å². The fraction of sp³-hybridized carbons (Fsp3) is 0.929. The average Bonchev–Trinajstić information content (AvgIpc) is 2.21. The van der Waals surface area contributed by atoms with Gasteiger partial charge < -0.3 is 4.74 Å². The fourth-order valence-corrected chi connectivity index (χ4v) is 1.91. The molecule has 1 atom stereocenters. The first-order valence-electron chi connectivity index (χ1n) is 6.84. The Balaban J connectivity index is 3.11. The van der Waals surface area contributed by atoms with Crippen LogP contribution >= 0.6 is 0 Å². The van der Waals surface area contributed by atoms with Crippen molar-refractivity contribution in [3.05, 3.63) is 0 Å². The lowest BCUT2D eigenvalue weighted by molar-refractivity contribution is -0.145. The average molecular weight is 228 g/mol. The second-order valence-electron chi connectivity index (χ2n) is 4.68. The van der Waals surface area contributed by atoms with Crippen LogP contribution < -0.4 is 0 Å². The van der Waals surface area contributed by atoms with Crippen LogP contribution in [0.2, 0.25) is 0 Å². The van der Waals surface area contributed by atoms with Gasteiger partial charge in [0.1, 0.15) is 0 Å². The normalized spacial score (nSPS) is 12.4. The monoisotopic (exact) mass is 228 g/mol. The number of rotatable bonds is 10. The van der Waals surface area contributed by atoms with Crippen molar-refractivity contribution in [3.8, 4) is 0 Å². The molecule has 2 nitrogen and oxygen atoms in total. The molecular formula is C14H28O2. The Morgan fingerprint density at radius 2 is 1.50 bits per heavy atom. The molecule has 0 aromatic carbocycles. The van der Waals surface area contributed by atoms with Gasteiger partial charge in [-0.05, 0) is 19.8 Å². The largest absolute Gasteiger partial charge is 0.463 e. The number of esters is 1. The lowest BCUT2D eigenvalue weighted by atomic mass is 10.1. The molecule has 16 heavy (non-hydrogen) atoms. The molecule has 0 saturated carbocycles. The summed E-state index contributed by atoms with van der Waals surface area (Å²) in [7, 11) is 0. The molecule has 0 aromatic rings. The van der Waals surface area contributed by atoms with Crippen molar-refractivity contribution < 1.29 is 9.53 Å². The Labute approximate surface area is 101 Å². The second kappa shape index (κ2) is 11.0. The van der Waals surface area contributed by atoms with E-state index in [2.05, 4.69) is 6.92 Å². The number of carbonyl (C=O) groups is 1. The van der Waals surface area contributed by atoms with Crippen LogP contribution in [0.5, 0.6) is 0 Å². The predicted octanol–water partition coefficient (Wildman–Crippen LogP) is 4.47. The van der Waals surface area contributed by atoms with Gasteiger partial charge in [0.05, 0.1) is 6.10 Å². The minimum absolute atomic E-state index is 0.0950. The van der Waals surface area contributed by atoms with Gasteiger partial charge in [0.15, 0.2) is 0 Å². The summed E-state index contributed by atoms with van der Waals surface area (Å²) in [6, 6.07) is 0. The van der Waals surface area contributed by atoms with Crippen LogP contribution in [0.3, 0.4) is 0 Å². The van der Waals surface area contributed by atoms with E-state index in [1.807, 2.05) is 6.92 Å². The lowest BCUT2D eigenvalue weighted by Crippen LogP contribution is -2.11. The Bertz CT molecular complexity index is 166. The van der Waals surface area contributed by atoms with E-state index in [0.29, 0.717) is 0 Å². The van der Waals surface area contributed by atoms with E-state index < -0.39 is 0 Å². The molecule has 0 fully saturated rings. The summed E-state index contributed by atoms with van der Waals surface area (Å²) < 4.78 is 5.07. The summed E-state index contributed by atoms with van der Waals surface area (Å²) in [4.78, 5) is 10.7. The molecule has 0 radical (unpaired) electrons. The number of hydrogen-bond acceptors (Lipinski definition) is 2. The van der Waals surface area contributed by atoms with E-state index >= 15 is 0 Å². The summed E-state index contributed by atoms with van der Waals surface area (Å²) in [5.74, 6) is -0.160. The van der Waals surface area contributed by atoms with Gasteiger partial charge in [-0.1, -0.05) is 51.9 Å². The van der Waals surface area contributed by atoms with Crippen molar-refractivity contribution in [2.24, 2.45) is 0 Å². The van der Waals surface area contributed by atoms with Crippen molar-refractivity contribution >= 4 is 5.97 Å². The van der Waals surface area contributed by atoms with Crippen LogP contribution in [0.1, 0.15) is 78.6 Å². The van der Waals surface area contributed by atoms with E-state index in [-0.39, 0.29) is 12.1 Å². The number of hydrogen-bond donors (Lipinski definition) is 0. The zero-order chi connectivity index (χ0) is 12.2. The quantitative estimate of drug-likeness (QED) is 0.407. The second-order valence-corrected chi connectivity index (χ2v) is 4.68. The van der Waals surface area contributed by atoms with Gasteiger partial charge >= 0.3 is 5.97 Å². The highest BCUT2D eigenvalue weighted by Gasteiger charge is 2.04. The summed E-state index contributed by atoms with van der Waals surface area (Å²) in [6.45, 7) is 5.70. The molecule has 0 rings (SSSR count). The van der Waals surface area contributed by atoms with Crippen molar-refractivity contribution in [2.75, 3.05) is 0 Å². The van der Waals surface area contributed by atoms with Crippen molar-refractivity contribution in [1.82, 2.24) is 0 Å². The summed E-state index contributed by atoms with van der Waals surface area (Å²) in [5.41, 5.74) is 0. The highest BCUT2D eigenvalue weighted by atomic mass is 16.5. The van der Waals surface area contributed by atoms with Gasteiger partial charge in [0, 0.05) is 6.92 Å². The zero-order valence-corrected chi connectivity index (χ0v) is 11.3. The molecule has 0 aliphatic heterocycles. The van der Waals surface area contributed by atoms with E-state index in [4.69, 9.17) is 4.74 Å². The lowest BCUT2D eigenvalue weighted by Gasteiger charge is -2.11. The van der Waals surface area contributed by atoms with Gasteiger partial charge in [0.2, 0.25) is 0 Å². The highest BCUT2D eigenvalue weighted by Crippen LogP contribution is 2.11. The third-order valence-corrected chi connectivity index (χ3v) is 2.83. The number of carbonyl (C=O) groups excluding carboxylic acids is 1. The van der Waals surface area contributed by atoms with Crippen LogP contribution in [0.15, 0.2) is 0 Å². The van der Waals surface area contributed by atoms with Crippen LogP contribution in [0, 0.1) is 0 Å². The van der Waals surface area contributed by atoms with Crippen LogP contribution in [-0.4, -0.2) is 12.1 Å². The third kappa shape index (κ3) is 11.5. The molecule has 0 aliphatic rings. The maximum atomic E-state index is 10.7. The molecule has 0 spiro atoms. The SMILES string of the molecule is CCCCCCCCCCC(C)OC(C)=O. The molecule has 0 aliphatic carbocycles. The Morgan fingerprint density at radius 3 is 2.00 bits per heavy atom. The molecule has 0 N–H and O–H groups in total. The fourth-order valence-electron chi connectivity index (χ4n) is 1.91. The maximum Gasteiger partial charge on any atom is 0.302 e. The molecule has 0 aromatic heterocycles. The summed E-state index contributed by atoms with van der Waals surface area (Å²) in [5, 5.41) is 0. The van der Waals surface area contributed by atoms with Gasteiger partial charge in [0.25, 0.3) is 0 Å². The maximum absolute atomic E-state index is 10.7. The topological polar surface area (TPSA) is 26.3 Å². The molecule has 0 heterocycles. The van der Waals surface area contributed by atoms with Crippen molar-refractivity contribution in [3.63, 3.8) is 0 Å². The van der Waals surface area contributed by atoms with E-state index in [9.17, 15) is 4.79 Å². The number of unbranched alkanes of at least 4 members (excludes halogenated alkanes) is 7. The molecule has 0 amide bonds. The van der Waals surface area contributed by atoms with Crippen LogP contribution in [0.25, 0.3) is 0 Å². The molecule has 1 unspecified atom stereocenters. The van der Waals surface area contributed by atoms with Crippen LogP contribution in [0.4, 0.5) is 0 Å². The van der Waals surface area contributed by atoms with E-state index in [0.717, 1.165) is 6.42 Å². The standard InChI is InChI=1S/C14H28O2/c1-4-5-6-7-8-9-10-11-12-13(2)16-14(3)15/h13H,4-12H2,1-3H3. The van der Waals surface area contributed by atoms with Crippen LogP contribution in [-0.2, 0) is 9.53 Å². The molecule has 0 saturated heterocycles. The van der Waals surface area contributed by atoms with E-state index in [1.165, 1.54) is 58.3 Å². The molecule has 96 valence electrons. The Hall–Kier alpha value is -0.530. The first kappa shape index (κ1) is 15.5. The Morgan fingerprint density at radius 1 is 1.00 bits per heavy atom. The zero-order valence-electron chi connectivity index (χ0n) is 11.3. The van der Waals surface area contributed by atoms with Gasteiger partial charge in [-0.15, -0.1) is 0 Å².